The van der Waals surface area contributed by atoms with Crippen molar-refractivity contribution in [1.29, 1.82) is 0 Å². The molecule has 1 aliphatic heterocycles. The molecule has 1 N–H and O–H groups in total. The Morgan fingerprint density at radius 1 is 0.909 bits per heavy atom. The molecule has 0 bridgehead atoms. The topological polar surface area (TPSA) is 65.4 Å². The first kappa shape index (κ1) is 21.1. The second kappa shape index (κ2) is 9.77. The van der Waals surface area contributed by atoms with Crippen LogP contribution in [0.5, 0.6) is 11.5 Å². The summed E-state index contributed by atoms with van der Waals surface area (Å²) in [5.41, 5.74) is 5.48. The number of carbonyl (C=O) groups is 1. The van der Waals surface area contributed by atoms with Gasteiger partial charge in [-0.05, 0) is 47.4 Å². The Balaban J connectivity index is 1.11. The minimum absolute atomic E-state index is 0.0380. The normalized spacial score (nSPS) is 13.0. The summed E-state index contributed by atoms with van der Waals surface area (Å²) in [6.45, 7) is 2.63. The molecule has 2 heterocycles. The Hall–Kier alpha value is -3.80. The number of aromatic nitrogens is 2. The van der Waals surface area contributed by atoms with Crippen LogP contribution in [-0.4, -0.2) is 28.7 Å². The van der Waals surface area contributed by atoms with Gasteiger partial charge in [0.2, 0.25) is 5.91 Å². The van der Waals surface area contributed by atoms with E-state index in [0.29, 0.717) is 32.6 Å². The Kier molecular flexibility index (Phi) is 6.24. The van der Waals surface area contributed by atoms with Crippen LogP contribution in [0.25, 0.3) is 11.0 Å². The number of imidazole rings is 1. The molecule has 168 valence electrons. The highest BCUT2D eigenvalue weighted by molar-refractivity contribution is 5.76. The summed E-state index contributed by atoms with van der Waals surface area (Å²) in [5.74, 6) is 1.59. The van der Waals surface area contributed by atoms with E-state index in [1.807, 2.05) is 42.7 Å². The van der Waals surface area contributed by atoms with Crippen LogP contribution in [0.4, 0.5) is 0 Å². The summed E-state index contributed by atoms with van der Waals surface area (Å²) < 4.78 is 13.5. The van der Waals surface area contributed by atoms with Crippen molar-refractivity contribution in [3.63, 3.8) is 0 Å². The summed E-state index contributed by atoms with van der Waals surface area (Å²) >= 11 is 0. The molecule has 0 atom stereocenters. The Labute approximate surface area is 193 Å². The second-order valence-electron chi connectivity index (χ2n) is 8.29. The largest absolute Gasteiger partial charge is 0.490 e. The first-order chi connectivity index (χ1) is 16.2. The molecule has 1 aliphatic rings. The molecule has 5 rings (SSSR count). The number of amides is 1. The Morgan fingerprint density at radius 2 is 1.67 bits per heavy atom. The second-order valence-corrected chi connectivity index (χ2v) is 8.29. The zero-order valence-electron chi connectivity index (χ0n) is 18.5. The Morgan fingerprint density at radius 3 is 2.55 bits per heavy atom. The number of hydrogen-bond acceptors (Lipinski definition) is 4. The first-order valence-electron chi connectivity index (χ1n) is 11.4. The summed E-state index contributed by atoms with van der Waals surface area (Å²) in [7, 11) is 0. The van der Waals surface area contributed by atoms with E-state index >= 15 is 0 Å². The van der Waals surface area contributed by atoms with E-state index < -0.39 is 0 Å². The monoisotopic (exact) mass is 441 g/mol. The molecule has 4 aromatic rings. The van der Waals surface area contributed by atoms with Crippen LogP contribution in [0.3, 0.4) is 0 Å². The number of nitrogens with one attached hydrogen (secondary N) is 1. The lowest BCUT2D eigenvalue weighted by Gasteiger charge is -2.10. The molecule has 0 fully saturated rings. The zero-order valence-corrected chi connectivity index (χ0v) is 18.5. The van der Waals surface area contributed by atoms with Crippen LogP contribution in [0.2, 0.25) is 0 Å². The van der Waals surface area contributed by atoms with E-state index in [1.165, 1.54) is 5.56 Å². The molecule has 0 unspecified atom stereocenters. The molecule has 0 aliphatic carbocycles. The predicted molar refractivity (Wildman–Crippen MR) is 127 cm³/mol. The number of nitrogens with zero attached hydrogens (tertiary/aromatic N) is 2. The molecule has 33 heavy (non-hydrogen) atoms. The van der Waals surface area contributed by atoms with Crippen LogP contribution in [-0.2, 0) is 24.3 Å². The fourth-order valence-corrected chi connectivity index (χ4v) is 4.01. The van der Waals surface area contributed by atoms with Gasteiger partial charge in [0, 0.05) is 25.9 Å². The van der Waals surface area contributed by atoms with Crippen LogP contribution in [0.1, 0.15) is 29.5 Å². The van der Waals surface area contributed by atoms with Crippen molar-refractivity contribution in [2.45, 2.75) is 32.4 Å². The molecular weight excluding hydrogens is 414 g/mol. The van der Waals surface area contributed by atoms with Crippen molar-refractivity contribution < 1.29 is 14.3 Å². The fraction of sp³-hybridized carbons (Fsp3) is 0.259. The summed E-state index contributed by atoms with van der Waals surface area (Å²) in [5, 5.41) is 3.02. The first-order valence-corrected chi connectivity index (χ1v) is 11.4. The highest BCUT2D eigenvalue weighted by atomic mass is 16.5. The van der Waals surface area contributed by atoms with Crippen molar-refractivity contribution in [2.75, 3.05) is 13.2 Å². The SMILES string of the molecule is O=C(CCc1ccc2c(c1)OCCCO2)NCc1ccc(Cn2cnc3ccccc32)cc1. The molecule has 0 saturated carbocycles. The van der Waals surface area contributed by atoms with E-state index in [-0.39, 0.29) is 5.91 Å². The predicted octanol–water partition coefficient (Wildman–Crippen LogP) is 4.49. The number of para-hydroxylation sites is 2. The van der Waals surface area contributed by atoms with Gasteiger partial charge in [0.15, 0.2) is 11.5 Å². The maximum absolute atomic E-state index is 12.4. The zero-order chi connectivity index (χ0) is 22.5. The van der Waals surface area contributed by atoms with Crippen LogP contribution < -0.4 is 14.8 Å². The smallest absolute Gasteiger partial charge is 0.220 e. The molecule has 6 heteroatoms. The molecule has 1 amide bonds. The lowest BCUT2D eigenvalue weighted by Crippen LogP contribution is -2.23. The fourth-order valence-electron chi connectivity index (χ4n) is 4.01. The van der Waals surface area contributed by atoms with Gasteiger partial charge in [-0.1, -0.05) is 42.5 Å². The molecule has 3 aromatic carbocycles. The van der Waals surface area contributed by atoms with Gasteiger partial charge in [0.25, 0.3) is 0 Å². The lowest BCUT2D eigenvalue weighted by molar-refractivity contribution is -0.121. The molecule has 1 aromatic heterocycles. The van der Waals surface area contributed by atoms with Gasteiger partial charge in [-0.3, -0.25) is 4.79 Å². The molecular formula is C27H27N3O3. The number of benzene rings is 3. The van der Waals surface area contributed by atoms with E-state index in [1.54, 1.807) is 0 Å². The van der Waals surface area contributed by atoms with Crippen LogP contribution >= 0.6 is 0 Å². The van der Waals surface area contributed by atoms with Gasteiger partial charge in [0.1, 0.15) is 0 Å². The highest BCUT2D eigenvalue weighted by Crippen LogP contribution is 2.30. The van der Waals surface area contributed by atoms with Gasteiger partial charge in [-0.15, -0.1) is 0 Å². The van der Waals surface area contributed by atoms with Gasteiger partial charge in [-0.2, -0.15) is 0 Å². The number of hydrogen-bond donors (Lipinski definition) is 1. The molecule has 0 spiro atoms. The van der Waals surface area contributed by atoms with Crippen molar-refractivity contribution in [3.05, 3.63) is 89.7 Å². The van der Waals surface area contributed by atoms with Crippen molar-refractivity contribution in [2.24, 2.45) is 0 Å². The number of ether oxygens (including phenoxy) is 2. The molecule has 6 nitrogen and oxygen atoms in total. The number of carbonyl (C=O) groups excluding carboxylic acids is 1. The lowest BCUT2D eigenvalue weighted by atomic mass is 10.1. The van der Waals surface area contributed by atoms with Gasteiger partial charge >= 0.3 is 0 Å². The van der Waals surface area contributed by atoms with Crippen LogP contribution in [0, 0.1) is 0 Å². The third-order valence-corrected chi connectivity index (χ3v) is 5.85. The summed E-state index contributed by atoms with van der Waals surface area (Å²) in [4.78, 5) is 16.8. The van der Waals surface area contributed by atoms with E-state index in [2.05, 4.69) is 45.2 Å². The van der Waals surface area contributed by atoms with Crippen molar-refractivity contribution >= 4 is 16.9 Å². The van der Waals surface area contributed by atoms with Crippen LogP contribution in [0.15, 0.2) is 73.1 Å². The third kappa shape index (κ3) is 5.17. The number of aryl methyl sites for hydroxylation is 1. The third-order valence-electron chi connectivity index (χ3n) is 5.85. The highest BCUT2D eigenvalue weighted by Gasteiger charge is 2.11. The molecule has 0 radical (unpaired) electrons. The van der Waals surface area contributed by atoms with Gasteiger partial charge in [-0.25, -0.2) is 4.98 Å². The molecule has 0 saturated heterocycles. The standard InChI is InChI=1S/C27H27N3O3/c31-27(13-11-20-10-12-25-26(16-20)33-15-3-14-32-25)28-17-21-6-8-22(9-7-21)18-30-19-29-23-4-1-2-5-24(23)30/h1-2,4-10,12,16,19H,3,11,13-15,17-18H2,(H,28,31). The van der Waals surface area contributed by atoms with E-state index in [9.17, 15) is 4.79 Å². The van der Waals surface area contributed by atoms with E-state index in [0.717, 1.165) is 46.6 Å². The van der Waals surface area contributed by atoms with Gasteiger partial charge in [0.05, 0.1) is 30.6 Å². The summed E-state index contributed by atoms with van der Waals surface area (Å²) in [6, 6.07) is 22.4. The average molecular weight is 442 g/mol. The Bertz CT molecular complexity index is 1250. The maximum Gasteiger partial charge on any atom is 0.220 e. The maximum atomic E-state index is 12.4. The average Bonchev–Trinajstić information content (AvgIpc) is 3.10. The minimum Gasteiger partial charge on any atom is -0.490 e. The number of rotatable bonds is 7. The number of fused-ring (bicyclic) bond motifs is 2. The minimum atomic E-state index is 0.0380. The van der Waals surface area contributed by atoms with Crippen molar-refractivity contribution in [1.82, 2.24) is 14.9 Å². The van der Waals surface area contributed by atoms with Crippen molar-refractivity contribution in [3.8, 4) is 11.5 Å². The van der Waals surface area contributed by atoms with Gasteiger partial charge < -0.3 is 19.4 Å². The van der Waals surface area contributed by atoms with E-state index in [4.69, 9.17) is 9.47 Å². The summed E-state index contributed by atoms with van der Waals surface area (Å²) in [6.07, 6.45) is 3.86. The quantitative estimate of drug-likeness (QED) is 0.459.